The first kappa shape index (κ1) is 16.1. The average Bonchev–Trinajstić information content (AvgIpc) is 2.63. The van der Waals surface area contributed by atoms with Gasteiger partial charge in [0.25, 0.3) is 5.91 Å². The van der Waals surface area contributed by atoms with Crippen molar-refractivity contribution in [2.45, 2.75) is 19.3 Å². The maximum absolute atomic E-state index is 12.4. The summed E-state index contributed by atoms with van der Waals surface area (Å²) < 4.78 is 0. The highest BCUT2D eigenvalue weighted by atomic mass is 16.2. The number of likely N-dealkylation sites (tertiary alicyclic amines) is 1. The molecule has 0 spiro atoms. The monoisotopic (exact) mass is 323 g/mol. The number of rotatable bonds is 3. The van der Waals surface area contributed by atoms with E-state index in [-0.39, 0.29) is 11.9 Å². The van der Waals surface area contributed by atoms with E-state index in [1.165, 1.54) is 6.42 Å². The second-order valence-electron chi connectivity index (χ2n) is 5.88. The summed E-state index contributed by atoms with van der Waals surface area (Å²) in [4.78, 5) is 26.2. The van der Waals surface area contributed by atoms with Crippen LogP contribution in [0.1, 0.15) is 29.6 Å². The van der Waals surface area contributed by atoms with E-state index in [1.807, 2.05) is 35.2 Å². The third-order valence-corrected chi connectivity index (χ3v) is 4.06. The lowest BCUT2D eigenvalue weighted by molar-refractivity contribution is 0.0724. The lowest BCUT2D eigenvalue weighted by Gasteiger charge is -2.26. The van der Waals surface area contributed by atoms with Gasteiger partial charge in [-0.1, -0.05) is 18.2 Å². The zero-order valence-electron chi connectivity index (χ0n) is 13.5. The number of hydrogen-bond donors (Lipinski definition) is 2. The lowest BCUT2D eigenvalue weighted by Crippen LogP contribution is -2.35. The molecule has 0 radical (unpaired) electrons. The van der Waals surface area contributed by atoms with Crippen LogP contribution in [0.2, 0.25) is 0 Å². The van der Waals surface area contributed by atoms with Gasteiger partial charge in [0, 0.05) is 30.0 Å². The van der Waals surface area contributed by atoms with Crippen molar-refractivity contribution in [1.29, 1.82) is 0 Å². The fraction of sp³-hybridized carbons (Fsp3) is 0.263. The predicted molar refractivity (Wildman–Crippen MR) is 95.3 cm³/mol. The molecule has 5 nitrogen and oxygen atoms in total. The Morgan fingerprint density at radius 3 is 1.96 bits per heavy atom. The lowest BCUT2D eigenvalue weighted by atomic mass is 10.1. The van der Waals surface area contributed by atoms with Gasteiger partial charge in [0.05, 0.1) is 0 Å². The Hall–Kier alpha value is -2.82. The number of carbonyl (C=O) groups excluding carboxylic acids is 2. The number of urea groups is 1. The van der Waals surface area contributed by atoms with Gasteiger partial charge in [-0.3, -0.25) is 4.79 Å². The van der Waals surface area contributed by atoms with Gasteiger partial charge >= 0.3 is 6.03 Å². The van der Waals surface area contributed by atoms with E-state index in [2.05, 4.69) is 10.6 Å². The number of nitrogens with zero attached hydrogens (tertiary/aromatic N) is 1. The van der Waals surface area contributed by atoms with Crippen molar-refractivity contribution >= 4 is 23.3 Å². The van der Waals surface area contributed by atoms with Crippen LogP contribution in [0.5, 0.6) is 0 Å². The highest BCUT2D eigenvalue weighted by Crippen LogP contribution is 2.16. The zero-order chi connectivity index (χ0) is 16.8. The van der Waals surface area contributed by atoms with E-state index in [1.54, 1.807) is 24.3 Å². The summed E-state index contributed by atoms with van der Waals surface area (Å²) in [6.45, 7) is 1.66. The molecule has 124 valence electrons. The fourth-order valence-corrected chi connectivity index (χ4v) is 2.79. The van der Waals surface area contributed by atoms with E-state index in [9.17, 15) is 9.59 Å². The summed E-state index contributed by atoms with van der Waals surface area (Å²) in [5, 5.41) is 5.52. The van der Waals surface area contributed by atoms with E-state index >= 15 is 0 Å². The van der Waals surface area contributed by atoms with Crippen molar-refractivity contribution in [3.63, 3.8) is 0 Å². The standard InChI is InChI=1S/C19H21N3O2/c23-18(22-13-5-2-6-14-22)15-9-11-17(12-10-15)21-19(24)20-16-7-3-1-4-8-16/h1,3-4,7-12H,2,5-6,13-14H2,(H2,20,21,24). The van der Waals surface area contributed by atoms with Crippen LogP contribution in [-0.2, 0) is 0 Å². The Bertz CT molecular complexity index is 692. The van der Waals surface area contributed by atoms with Crippen molar-refractivity contribution in [3.05, 3.63) is 60.2 Å². The van der Waals surface area contributed by atoms with E-state index in [0.29, 0.717) is 11.3 Å². The van der Waals surface area contributed by atoms with Crippen LogP contribution < -0.4 is 10.6 Å². The molecular formula is C19H21N3O2. The van der Waals surface area contributed by atoms with E-state index < -0.39 is 0 Å². The van der Waals surface area contributed by atoms with Gasteiger partial charge in [-0.05, 0) is 55.7 Å². The first-order valence-corrected chi connectivity index (χ1v) is 8.25. The van der Waals surface area contributed by atoms with Gasteiger partial charge in [0.2, 0.25) is 0 Å². The Morgan fingerprint density at radius 2 is 1.33 bits per heavy atom. The van der Waals surface area contributed by atoms with Crippen LogP contribution in [0.25, 0.3) is 0 Å². The molecule has 0 atom stereocenters. The average molecular weight is 323 g/mol. The maximum Gasteiger partial charge on any atom is 0.323 e. The van der Waals surface area contributed by atoms with Crippen molar-refractivity contribution in [1.82, 2.24) is 4.90 Å². The minimum atomic E-state index is -0.309. The van der Waals surface area contributed by atoms with Gasteiger partial charge in [-0.15, -0.1) is 0 Å². The van der Waals surface area contributed by atoms with Crippen molar-refractivity contribution in [3.8, 4) is 0 Å². The maximum atomic E-state index is 12.4. The molecule has 1 fully saturated rings. The Labute approximate surface area is 141 Å². The number of carbonyl (C=O) groups is 2. The molecule has 3 rings (SSSR count). The summed E-state index contributed by atoms with van der Waals surface area (Å²) in [7, 11) is 0. The zero-order valence-corrected chi connectivity index (χ0v) is 13.5. The molecule has 0 aliphatic carbocycles. The van der Waals surface area contributed by atoms with Gasteiger partial charge in [-0.2, -0.15) is 0 Å². The first-order chi connectivity index (χ1) is 11.7. The topological polar surface area (TPSA) is 61.4 Å². The molecular weight excluding hydrogens is 302 g/mol. The van der Waals surface area contributed by atoms with Gasteiger partial charge < -0.3 is 15.5 Å². The molecule has 5 heteroatoms. The van der Waals surface area contributed by atoms with E-state index in [4.69, 9.17) is 0 Å². The van der Waals surface area contributed by atoms with Crippen LogP contribution in [0, 0.1) is 0 Å². The minimum absolute atomic E-state index is 0.0648. The van der Waals surface area contributed by atoms with Gasteiger partial charge in [0.15, 0.2) is 0 Å². The minimum Gasteiger partial charge on any atom is -0.339 e. The largest absolute Gasteiger partial charge is 0.339 e. The summed E-state index contributed by atoms with van der Waals surface area (Å²) in [5.74, 6) is 0.0648. The van der Waals surface area contributed by atoms with Gasteiger partial charge in [0.1, 0.15) is 0 Å². The SMILES string of the molecule is O=C(Nc1ccccc1)Nc1ccc(C(=O)N2CCCCC2)cc1. The fourth-order valence-electron chi connectivity index (χ4n) is 2.79. The third-order valence-electron chi connectivity index (χ3n) is 4.06. The molecule has 0 unspecified atom stereocenters. The van der Waals surface area contributed by atoms with Crippen molar-refractivity contribution in [2.24, 2.45) is 0 Å². The molecule has 1 aliphatic rings. The summed E-state index contributed by atoms with van der Waals surface area (Å²) in [6, 6.07) is 16.0. The number of para-hydroxylation sites is 1. The molecule has 0 saturated carbocycles. The molecule has 24 heavy (non-hydrogen) atoms. The smallest absolute Gasteiger partial charge is 0.323 e. The van der Waals surface area contributed by atoms with Crippen LogP contribution in [0.4, 0.5) is 16.2 Å². The molecule has 1 aliphatic heterocycles. The number of nitrogens with one attached hydrogen (secondary N) is 2. The second kappa shape index (κ2) is 7.64. The highest BCUT2D eigenvalue weighted by Gasteiger charge is 2.17. The summed E-state index contributed by atoms with van der Waals surface area (Å²) >= 11 is 0. The van der Waals surface area contributed by atoms with Crippen LogP contribution in [-0.4, -0.2) is 29.9 Å². The molecule has 2 aromatic carbocycles. The summed E-state index contributed by atoms with van der Waals surface area (Å²) in [5.41, 5.74) is 2.04. The Balaban J connectivity index is 1.58. The molecule has 0 bridgehead atoms. The normalized spacial score (nSPS) is 14.1. The van der Waals surface area contributed by atoms with Crippen molar-refractivity contribution in [2.75, 3.05) is 23.7 Å². The number of amides is 3. The third kappa shape index (κ3) is 4.13. The van der Waals surface area contributed by atoms with Crippen LogP contribution >= 0.6 is 0 Å². The molecule has 1 heterocycles. The quantitative estimate of drug-likeness (QED) is 0.898. The molecule has 3 amide bonds. The van der Waals surface area contributed by atoms with Gasteiger partial charge in [-0.25, -0.2) is 4.79 Å². The predicted octanol–water partition coefficient (Wildman–Crippen LogP) is 3.96. The number of anilines is 2. The summed E-state index contributed by atoms with van der Waals surface area (Å²) in [6.07, 6.45) is 3.35. The second-order valence-corrected chi connectivity index (χ2v) is 5.88. The molecule has 1 saturated heterocycles. The van der Waals surface area contributed by atoms with Crippen LogP contribution in [0.3, 0.4) is 0 Å². The van der Waals surface area contributed by atoms with Crippen molar-refractivity contribution < 1.29 is 9.59 Å². The highest BCUT2D eigenvalue weighted by molar-refractivity contribution is 6.00. The Kier molecular flexibility index (Phi) is 5.11. The molecule has 2 N–H and O–H groups in total. The number of benzene rings is 2. The number of piperidine rings is 1. The van der Waals surface area contributed by atoms with E-state index in [0.717, 1.165) is 31.6 Å². The first-order valence-electron chi connectivity index (χ1n) is 8.25. The number of hydrogen-bond acceptors (Lipinski definition) is 2. The molecule has 0 aromatic heterocycles. The Morgan fingerprint density at radius 1 is 0.750 bits per heavy atom. The molecule has 2 aromatic rings. The van der Waals surface area contributed by atoms with Crippen LogP contribution in [0.15, 0.2) is 54.6 Å².